The molecule has 2 aromatic carbocycles. The molecule has 2 aromatic rings. The molecular weight excluding hydrogens is 244 g/mol. The zero-order valence-electron chi connectivity index (χ0n) is 10.2. The summed E-state index contributed by atoms with van der Waals surface area (Å²) < 4.78 is 5.55. The molecule has 0 spiro atoms. The highest BCUT2D eigenvalue weighted by Gasteiger charge is 2.13. The molecule has 2 N–H and O–H groups in total. The second kappa shape index (κ2) is 6.13. The van der Waals surface area contributed by atoms with Crippen LogP contribution in [0.1, 0.15) is 15.9 Å². The van der Waals surface area contributed by atoms with Crippen LogP contribution in [-0.4, -0.2) is 22.3 Å². The van der Waals surface area contributed by atoms with E-state index >= 15 is 0 Å². The fraction of sp³-hybridized carbons (Fsp3) is 0.133. The molecule has 2 rings (SSSR count). The van der Waals surface area contributed by atoms with Crippen molar-refractivity contribution in [2.75, 3.05) is 0 Å². The number of Topliss-reactive ketones (excluding diaryl/α,β-unsaturated/α-hetero) is 1. The zero-order chi connectivity index (χ0) is 13.7. The standard InChI is InChI=1S/C15H14O4/c16-14(15(17)18)12-6-8-13(9-7-12)19-10-11-4-2-1-3-5-11/h1-9,15,17-18H,10H2. The highest BCUT2D eigenvalue weighted by molar-refractivity contribution is 5.98. The minimum atomic E-state index is -1.98. The van der Waals surface area contributed by atoms with Crippen molar-refractivity contribution in [1.82, 2.24) is 0 Å². The van der Waals surface area contributed by atoms with Crippen LogP contribution in [0.15, 0.2) is 54.6 Å². The van der Waals surface area contributed by atoms with Gasteiger partial charge in [-0.25, -0.2) is 0 Å². The molecular formula is C15H14O4. The SMILES string of the molecule is O=C(c1ccc(OCc2ccccc2)cc1)C(O)O. The topological polar surface area (TPSA) is 66.8 Å². The van der Waals surface area contributed by atoms with Crippen LogP contribution < -0.4 is 4.74 Å². The van der Waals surface area contributed by atoms with E-state index in [1.807, 2.05) is 30.3 Å². The molecule has 0 aliphatic heterocycles. The molecule has 19 heavy (non-hydrogen) atoms. The maximum atomic E-state index is 11.3. The van der Waals surface area contributed by atoms with Crippen molar-refractivity contribution >= 4 is 5.78 Å². The third-order valence-corrected chi connectivity index (χ3v) is 2.62. The molecule has 4 nitrogen and oxygen atoms in total. The van der Waals surface area contributed by atoms with Gasteiger partial charge in [-0.2, -0.15) is 0 Å². The van der Waals surface area contributed by atoms with E-state index in [1.165, 1.54) is 12.1 Å². The van der Waals surface area contributed by atoms with Gasteiger partial charge in [0.05, 0.1) is 0 Å². The lowest BCUT2D eigenvalue weighted by atomic mass is 10.1. The van der Waals surface area contributed by atoms with Crippen molar-refractivity contribution < 1.29 is 19.7 Å². The molecule has 0 bridgehead atoms. The smallest absolute Gasteiger partial charge is 0.218 e. The van der Waals surface area contributed by atoms with Gasteiger partial charge in [-0.1, -0.05) is 30.3 Å². The molecule has 0 unspecified atom stereocenters. The lowest BCUT2D eigenvalue weighted by molar-refractivity contribution is -0.0195. The number of carbonyl (C=O) groups is 1. The van der Waals surface area contributed by atoms with Crippen molar-refractivity contribution in [2.24, 2.45) is 0 Å². The summed E-state index contributed by atoms with van der Waals surface area (Å²) in [7, 11) is 0. The van der Waals surface area contributed by atoms with Gasteiger partial charge < -0.3 is 14.9 Å². The first kappa shape index (κ1) is 13.3. The van der Waals surface area contributed by atoms with Gasteiger partial charge in [0.2, 0.25) is 12.1 Å². The Morgan fingerprint density at radius 3 is 2.21 bits per heavy atom. The number of hydrogen-bond donors (Lipinski definition) is 2. The fourth-order valence-corrected chi connectivity index (χ4v) is 1.61. The largest absolute Gasteiger partial charge is 0.489 e. The first-order valence-electron chi connectivity index (χ1n) is 5.84. The predicted octanol–water partition coefficient (Wildman–Crippen LogP) is 1.76. The van der Waals surface area contributed by atoms with E-state index in [2.05, 4.69) is 0 Å². The average Bonchev–Trinajstić information content (AvgIpc) is 2.46. The second-order valence-electron chi connectivity index (χ2n) is 4.04. The Hall–Kier alpha value is -2.17. The number of hydrogen-bond acceptors (Lipinski definition) is 4. The van der Waals surface area contributed by atoms with Crippen molar-refractivity contribution in [3.63, 3.8) is 0 Å². The van der Waals surface area contributed by atoms with Crippen LogP contribution in [0.5, 0.6) is 5.75 Å². The molecule has 0 heterocycles. The van der Waals surface area contributed by atoms with Crippen molar-refractivity contribution in [1.29, 1.82) is 0 Å². The Labute approximate surface area is 110 Å². The Bertz CT molecular complexity index is 532. The van der Waals surface area contributed by atoms with Gasteiger partial charge in [-0.3, -0.25) is 4.79 Å². The van der Waals surface area contributed by atoms with Crippen molar-refractivity contribution in [2.45, 2.75) is 12.9 Å². The highest BCUT2D eigenvalue weighted by atomic mass is 16.5. The number of carbonyl (C=O) groups excluding carboxylic acids is 1. The molecule has 98 valence electrons. The molecule has 0 aromatic heterocycles. The van der Waals surface area contributed by atoms with Gasteiger partial charge >= 0.3 is 0 Å². The third kappa shape index (κ3) is 3.64. The van der Waals surface area contributed by atoms with Crippen LogP contribution in [-0.2, 0) is 6.61 Å². The molecule has 0 fully saturated rings. The molecule has 4 heteroatoms. The van der Waals surface area contributed by atoms with Crippen molar-refractivity contribution in [3.05, 3.63) is 65.7 Å². The van der Waals surface area contributed by atoms with E-state index in [-0.39, 0.29) is 5.56 Å². The van der Waals surface area contributed by atoms with E-state index in [9.17, 15) is 4.79 Å². The number of rotatable bonds is 5. The summed E-state index contributed by atoms with van der Waals surface area (Å²) in [5, 5.41) is 17.5. The van der Waals surface area contributed by atoms with E-state index < -0.39 is 12.1 Å². The van der Waals surface area contributed by atoms with Gasteiger partial charge in [-0.15, -0.1) is 0 Å². The summed E-state index contributed by atoms with van der Waals surface area (Å²) in [5.41, 5.74) is 1.29. The van der Waals surface area contributed by atoms with Crippen LogP contribution in [0.4, 0.5) is 0 Å². The van der Waals surface area contributed by atoms with Crippen LogP contribution in [0.3, 0.4) is 0 Å². The van der Waals surface area contributed by atoms with Gasteiger partial charge in [-0.05, 0) is 29.8 Å². The number of benzene rings is 2. The predicted molar refractivity (Wildman–Crippen MR) is 69.8 cm³/mol. The molecule has 0 amide bonds. The number of aliphatic hydroxyl groups excluding tert-OH is 1. The molecule has 0 aliphatic rings. The number of ketones is 1. The lowest BCUT2D eigenvalue weighted by Crippen LogP contribution is -2.19. The Kier molecular flexibility index (Phi) is 4.28. The summed E-state index contributed by atoms with van der Waals surface area (Å²) in [6.07, 6.45) is -1.98. The first-order chi connectivity index (χ1) is 9.16. The van der Waals surface area contributed by atoms with Gasteiger partial charge in [0.1, 0.15) is 12.4 Å². The quantitative estimate of drug-likeness (QED) is 0.633. The van der Waals surface area contributed by atoms with Crippen molar-refractivity contribution in [3.8, 4) is 5.75 Å². The van der Waals surface area contributed by atoms with E-state index in [4.69, 9.17) is 14.9 Å². The minimum absolute atomic E-state index is 0.238. The van der Waals surface area contributed by atoms with Crippen LogP contribution >= 0.6 is 0 Å². The summed E-state index contributed by atoms with van der Waals surface area (Å²) in [4.78, 5) is 11.3. The molecule has 0 saturated heterocycles. The van der Waals surface area contributed by atoms with Gasteiger partial charge in [0, 0.05) is 5.56 Å². The fourth-order valence-electron chi connectivity index (χ4n) is 1.61. The van der Waals surface area contributed by atoms with E-state index in [1.54, 1.807) is 12.1 Å². The normalized spacial score (nSPS) is 10.5. The Morgan fingerprint density at radius 2 is 1.63 bits per heavy atom. The summed E-state index contributed by atoms with van der Waals surface area (Å²) in [6, 6.07) is 16.0. The third-order valence-electron chi connectivity index (χ3n) is 2.62. The second-order valence-corrected chi connectivity index (χ2v) is 4.04. The van der Waals surface area contributed by atoms with E-state index in [0.29, 0.717) is 12.4 Å². The number of ether oxygens (including phenoxy) is 1. The molecule has 0 atom stereocenters. The molecule has 0 aliphatic carbocycles. The van der Waals surface area contributed by atoms with E-state index in [0.717, 1.165) is 5.56 Å². The van der Waals surface area contributed by atoms with Crippen LogP contribution in [0.2, 0.25) is 0 Å². The van der Waals surface area contributed by atoms with Crippen LogP contribution in [0, 0.1) is 0 Å². The average molecular weight is 258 g/mol. The Balaban J connectivity index is 1.98. The monoisotopic (exact) mass is 258 g/mol. The summed E-state index contributed by atoms with van der Waals surface area (Å²) >= 11 is 0. The molecule has 0 radical (unpaired) electrons. The highest BCUT2D eigenvalue weighted by Crippen LogP contribution is 2.15. The van der Waals surface area contributed by atoms with Crippen LogP contribution in [0.25, 0.3) is 0 Å². The van der Waals surface area contributed by atoms with Gasteiger partial charge in [0.15, 0.2) is 0 Å². The maximum Gasteiger partial charge on any atom is 0.218 e. The molecule has 0 saturated carbocycles. The maximum absolute atomic E-state index is 11.3. The lowest BCUT2D eigenvalue weighted by Gasteiger charge is -2.07. The summed E-state index contributed by atoms with van der Waals surface area (Å²) in [6.45, 7) is 0.441. The zero-order valence-corrected chi connectivity index (χ0v) is 10.2. The summed E-state index contributed by atoms with van der Waals surface area (Å²) in [5.74, 6) is -0.109. The van der Waals surface area contributed by atoms with Gasteiger partial charge in [0.25, 0.3) is 0 Å². The Morgan fingerprint density at radius 1 is 1.00 bits per heavy atom. The minimum Gasteiger partial charge on any atom is -0.489 e. The number of aliphatic hydroxyl groups is 2. The first-order valence-corrected chi connectivity index (χ1v) is 5.84.